The van der Waals surface area contributed by atoms with Crippen LogP contribution in [0, 0.1) is 11.8 Å². The van der Waals surface area contributed by atoms with E-state index in [0.717, 1.165) is 29.5 Å². The van der Waals surface area contributed by atoms with E-state index < -0.39 is 6.10 Å². The number of ether oxygens (including phenoxy) is 1. The highest BCUT2D eigenvalue weighted by Crippen LogP contribution is 2.41. The third-order valence-electron chi connectivity index (χ3n) is 4.93. The lowest BCUT2D eigenvalue weighted by atomic mass is 9.71. The molecular weight excluding hydrogens is 324 g/mol. The molecule has 1 unspecified atom stereocenters. The number of hydrogen-bond donors (Lipinski definition) is 1. The molecule has 0 radical (unpaired) electrons. The second kappa shape index (κ2) is 7.35. The molecule has 2 aromatic rings. The van der Waals surface area contributed by atoms with E-state index in [1.54, 1.807) is 19.1 Å². The molecule has 0 saturated carbocycles. The fourth-order valence-electron chi connectivity index (χ4n) is 3.37. The van der Waals surface area contributed by atoms with Crippen LogP contribution in [0.5, 0.6) is 0 Å². The standard InChI is InChI=1S/C23H24O3/c1-4-26-22(25)18-10-7-16(8-11-18)5-6-17-9-12-20-19(15-17)21(24)13-14-23(20,2)3/h7-12,15,21,24H,4,13-14H2,1-3H3. The largest absolute Gasteiger partial charge is 0.462 e. The van der Waals surface area contributed by atoms with Crippen molar-refractivity contribution in [3.05, 3.63) is 70.3 Å². The van der Waals surface area contributed by atoms with Gasteiger partial charge in [-0.15, -0.1) is 0 Å². The van der Waals surface area contributed by atoms with Crippen LogP contribution in [-0.4, -0.2) is 17.7 Å². The van der Waals surface area contributed by atoms with Crippen LogP contribution in [0.15, 0.2) is 42.5 Å². The molecule has 26 heavy (non-hydrogen) atoms. The number of rotatable bonds is 2. The first kappa shape index (κ1) is 18.2. The summed E-state index contributed by atoms with van der Waals surface area (Å²) in [6.07, 6.45) is 1.36. The van der Waals surface area contributed by atoms with Crippen molar-refractivity contribution in [2.24, 2.45) is 0 Å². The molecule has 0 aliphatic heterocycles. The van der Waals surface area contributed by atoms with Crippen LogP contribution in [0.2, 0.25) is 0 Å². The zero-order valence-corrected chi connectivity index (χ0v) is 15.5. The number of aliphatic hydroxyl groups excluding tert-OH is 1. The lowest BCUT2D eigenvalue weighted by molar-refractivity contribution is 0.0526. The second-order valence-corrected chi connectivity index (χ2v) is 7.29. The van der Waals surface area contributed by atoms with Gasteiger partial charge in [0.2, 0.25) is 0 Å². The van der Waals surface area contributed by atoms with Gasteiger partial charge in [-0.1, -0.05) is 31.8 Å². The van der Waals surface area contributed by atoms with Gasteiger partial charge < -0.3 is 9.84 Å². The minimum Gasteiger partial charge on any atom is -0.462 e. The van der Waals surface area contributed by atoms with Gasteiger partial charge in [-0.2, -0.15) is 0 Å². The Morgan fingerprint density at radius 2 is 1.81 bits per heavy atom. The predicted octanol–water partition coefficient (Wildman–Crippen LogP) is 4.37. The fraction of sp³-hybridized carbons (Fsp3) is 0.348. The average molecular weight is 348 g/mol. The summed E-state index contributed by atoms with van der Waals surface area (Å²) in [5.41, 5.74) is 4.53. The maximum Gasteiger partial charge on any atom is 0.338 e. The highest BCUT2D eigenvalue weighted by atomic mass is 16.5. The average Bonchev–Trinajstić information content (AvgIpc) is 2.64. The molecule has 1 aliphatic rings. The number of hydrogen-bond acceptors (Lipinski definition) is 3. The second-order valence-electron chi connectivity index (χ2n) is 7.29. The topological polar surface area (TPSA) is 46.5 Å². The summed E-state index contributed by atoms with van der Waals surface area (Å²) in [5.74, 6) is 5.95. The molecule has 0 bridgehead atoms. The molecule has 0 heterocycles. The molecule has 0 fully saturated rings. The molecule has 2 aromatic carbocycles. The summed E-state index contributed by atoms with van der Waals surface area (Å²) in [6, 6.07) is 13.2. The molecule has 1 aliphatic carbocycles. The summed E-state index contributed by atoms with van der Waals surface area (Å²) in [4.78, 5) is 11.7. The van der Waals surface area contributed by atoms with Gasteiger partial charge in [-0.25, -0.2) is 4.79 Å². The number of esters is 1. The normalized spacial score (nSPS) is 17.6. The number of carbonyl (C=O) groups is 1. The third-order valence-corrected chi connectivity index (χ3v) is 4.93. The molecule has 3 nitrogen and oxygen atoms in total. The number of benzene rings is 2. The van der Waals surface area contributed by atoms with Gasteiger partial charge in [-0.05, 0) is 72.7 Å². The smallest absolute Gasteiger partial charge is 0.338 e. The third kappa shape index (κ3) is 3.81. The maximum absolute atomic E-state index is 11.7. The summed E-state index contributed by atoms with van der Waals surface area (Å²) in [7, 11) is 0. The van der Waals surface area contributed by atoms with Crippen molar-refractivity contribution in [3.8, 4) is 11.8 Å². The van der Waals surface area contributed by atoms with Gasteiger partial charge in [0.05, 0.1) is 18.3 Å². The molecular formula is C23H24O3. The highest BCUT2D eigenvalue weighted by Gasteiger charge is 2.31. The Kier molecular flexibility index (Phi) is 5.15. The first-order chi connectivity index (χ1) is 12.4. The van der Waals surface area contributed by atoms with Crippen molar-refractivity contribution in [1.82, 2.24) is 0 Å². The predicted molar refractivity (Wildman–Crippen MR) is 102 cm³/mol. The van der Waals surface area contributed by atoms with E-state index in [-0.39, 0.29) is 11.4 Å². The zero-order chi connectivity index (χ0) is 18.7. The monoisotopic (exact) mass is 348 g/mol. The summed E-state index contributed by atoms with van der Waals surface area (Å²) < 4.78 is 4.98. The van der Waals surface area contributed by atoms with Gasteiger partial charge in [0.1, 0.15) is 0 Å². The van der Waals surface area contributed by atoms with Crippen LogP contribution >= 0.6 is 0 Å². The molecule has 0 aromatic heterocycles. The van der Waals surface area contributed by atoms with Crippen molar-refractivity contribution in [3.63, 3.8) is 0 Å². The Morgan fingerprint density at radius 1 is 1.15 bits per heavy atom. The van der Waals surface area contributed by atoms with Crippen molar-refractivity contribution >= 4 is 5.97 Å². The van der Waals surface area contributed by atoms with Crippen LogP contribution in [0.25, 0.3) is 0 Å². The highest BCUT2D eigenvalue weighted by molar-refractivity contribution is 5.89. The van der Waals surface area contributed by atoms with Crippen molar-refractivity contribution in [2.75, 3.05) is 6.61 Å². The maximum atomic E-state index is 11.7. The summed E-state index contributed by atoms with van der Waals surface area (Å²) >= 11 is 0. The first-order valence-corrected chi connectivity index (χ1v) is 9.02. The Morgan fingerprint density at radius 3 is 2.50 bits per heavy atom. The Labute approximate surface area is 155 Å². The lowest BCUT2D eigenvalue weighted by Gasteiger charge is -2.35. The summed E-state index contributed by atoms with van der Waals surface area (Å²) in [5, 5.41) is 10.3. The Hall–Kier alpha value is -2.57. The lowest BCUT2D eigenvalue weighted by Crippen LogP contribution is -2.26. The van der Waals surface area contributed by atoms with E-state index in [2.05, 4.69) is 31.8 Å². The molecule has 1 atom stereocenters. The molecule has 0 amide bonds. The molecule has 1 N–H and O–H groups in total. The number of fused-ring (bicyclic) bond motifs is 1. The fourth-order valence-corrected chi connectivity index (χ4v) is 3.37. The van der Waals surface area contributed by atoms with Gasteiger partial charge in [0.25, 0.3) is 0 Å². The summed E-state index contributed by atoms with van der Waals surface area (Å²) in [6.45, 7) is 6.58. The van der Waals surface area contributed by atoms with Crippen LogP contribution < -0.4 is 0 Å². The van der Waals surface area contributed by atoms with Gasteiger partial charge in [0.15, 0.2) is 0 Å². The number of carbonyl (C=O) groups excluding carboxylic acids is 1. The van der Waals surface area contributed by atoms with E-state index >= 15 is 0 Å². The SMILES string of the molecule is CCOC(=O)c1ccc(C#Cc2ccc3c(c2)C(O)CCC3(C)C)cc1. The van der Waals surface area contributed by atoms with Crippen LogP contribution in [0.3, 0.4) is 0 Å². The van der Waals surface area contributed by atoms with Crippen LogP contribution in [-0.2, 0) is 10.2 Å². The molecule has 3 rings (SSSR count). The van der Waals surface area contributed by atoms with Crippen molar-refractivity contribution in [2.45, 2.75) is 45.1 Å². The van der Waals surface area contributed by atoms with Crippen LogP contribution in [0.4, 0.5) is 0 Å². The molecule has 0 spiro atoms. The van der Waals surface area contributed by atoms with E-state index in [1.165, 1.54) is 5.56 Å². The first-order valence-electron chi connectivity index (χ1n) is 9.02. The van der Waals surface area contributed by atoms with E-state index in [0.29, 0.717) is 12.2 Å². The van der Waals surface area contributed by atoms with E-state index in [4.69, 9.17) is 4.74 Å². The van der Waals surface area contributed by atoms with E-state index in [9.17, 15) is 9.90 Å². The van der Waals surface area contributed by atoms with Crippen molar-refractivity contribution < 1.29 is 14.6 Å². The van der Waals surface area contributed by atoms with Gasteiger partial charge >= 0.3 is 5.97 Å². The molecule has 0 saturated heterocycles. The van der Waals surface area contributed by atoms with E-state index in [1.807, 2.05) is 24.3 Å². The zero-order valence-electron chi connectivity index (χ0n) is 15.5. The molecule has 3 heteroatoms. The minimum absolute atomic E-state index is 0.0868. The van der Waals surface area contributed by atoms with Crippen LogP contribution in [0.1, 0.15) is 72.3 Å². The Bertz CT molecular complexity index is 867. The van der Waals surface area contributed by atoms with Gasteiger partial charge in [0, 0.05) is 11.1 Å². The molecule has 134 valence electrons. The van der Waals surface area contributed by atoms with Crippen molar-refractivity contribution in [1.29, 1.82) is 0 Å². The minimum atomic E-state index is -0.413. The quantitative estimate of drug-likeness (QED) is 0.648. The van der Waals surface area contributed by atoms with Gasteiger partial charge in [-0.3, -0.25) is 0 Å². The Balaban J connectivity index is 1.83. The number of aliphatic hydroxyl groups is 1.